The molecular formula is C18H19FN2O2. The third-order valence-electron chi connectivity index (χ3n) is 3.93. The molecule has 1 fully saturated rings. The van der Waals surface area contributed by atoms with E-state index in [2.05, 4.69) is 5.32 Å². The number of amides is 1. The maximum Gasteiger partial charge on any atom is 0.255 e. The van der Waals surface area contributed by atoms with Crippen molar-refractivity contribution in [1.29, 1.82) is 0 Å². The first kappa shape index (κ1) is 15.3. The molecule has 23 heavy (non-hydrogen) atoms. The molecule has 0 saturated heterocycles. The second-order valence-electron chi connectivity index (χ2n) is 5.75. The van der Waals surface area contributed by atoms with Gasteiger partial charge >= 0.3 is 0 Å². The second-order valence-corrected chi connectivity index (χ2v) is 5.75. The van der Waals surface area contributed by atoms with Gasteiger partial charge in [0.05, 0.1) is 6.10 Å². The molecular weight excluding hydrogens is 295 g/mol. The van der Waals surface area contributed by atoms with E-state index in [-0.39, 0.29) is 17.8 Å². The van der Waals surface area contributed by atoms with Crippen molar-refractivity contribution in [1.82, 2.24) is 0 Å². The molecule has 5 heteroatoms. The Kier molecular flexibility index (Phi) is 4.46. The highest BCUT2D eigenvalue weighted by molar-refractivity contribution is 6.04. The summed E-state index contributed by atoms with van der Waals surface area (Å²) in [7, 11) is 0. The fourth-order valence-electron chi connectivity index (χ4n) is 2.74. The fourth-order valence-corrected chi connectivity index (χ4v) is 2.74. The zero-order valence-electron chi connectivity index (χ0n) is 12.7. The predicted molar refractivity (Wildman–Crippen MR) is 88.1 cm³/mol. The first-order chi connectivity index (χ1) is 11.1. The molecule has 1 saturated carbocycles. The summed E-state index contributed by atoms with van der Waals surface area (Å²) in [5.74, 6) is -0.567. The van der Waals surface area contributed by atoms with Gasteiger partial charge in [-0.05, 0) is 56.0 Å². The van der Waals surface area contributed by atoms with Gasteiger partial charge in [0.1, 0.15) is 0 Å². The third-order valence-corrected chi connectivity index (χ3v) is 3.93. The molecule has 1 amide bonds. The third kappa shape index (κ3) is 3.80. The van der Waals surface area contributed by atoms with E-state index < -0.39 is 5.82 Å². The van der Waals surface area contributed by atoms with Crippen LogP contribution in [0.2, 0.25) is 0 Å². The molecule has 4 nitrogen and oxygen atoms in total. The van der Waals surface area contributed by atoms with Gasteiger partial charge in [0, 0.05) is 23.0 Å². The summed E-state index contributed by atoms with van der Waals surface area (Å²) >= 11 is 0. The molecule has 0 atom stereocenters. The molecule has 2 aromatic carbocycles. The van der Waals surface area contributed by atoms with Crippen LogP contribution in [-0.2, 0) is 0 Å². The van der Waals surface area contributed by atoms with Crippen molar-refractivity contribution in [3.05, 3.63) is 53.8 Å². The van der Waals surface area contributed by atoms with E-state index in [0.29, 0.717) is 16.9 Å². The van der Waals surface area contributed by atoms with Crippen molar-refractivity contribution in [3.63, 3.8) is 0 Å². The molecule has 0 aliphatic heterocycles. The predicted octanol–water partition coefficient (Wildman–Crippen LogP) is 3.98. The van der Waals surface area contributed by atoms with Gasteiger partial charge in [-0.15, -0.1) is 0 Å². The van der Waals surface area contributed by atoms with Gasteiger partial charge in [0.25, 0.3) is 5.91 Å². The number of nitrogens with one attached hydrogen (secondary N) is 1. The molecule has 3 N–H and O–H groups in total. The zero-order valence-corrected chi connectivity index (χ0v) is 12.7. The molecule has 3 rings (SSSR count). The Hall–Kier alpha value is -2.56. The van der Waals surface area contributed by atoms with Crippen LogP contribution in [0.3, 0.4) is 0 Å². The van der Waals surface area contributed by atoms with E-state index >= 15 is 0 Å². The van der Waals surface area contributed by atoms with E-state index in [0.717, 1.165) is 25.7 Å². The molecule has 0 unspecified atom stereocenters. The smallest absolute Gasteiger partial charge is 0.255 e. The normalized spacial score (nSPS) is 14.7. The number of rotatable bonds is 4. The minimum Gasteiger partial charge on any atom is -0.487 e. The molecule has 1 aliphatic rings. The average molecular weight is 314 g/mol. The highest BCUT2D eigenvalue weighted by Gasteiger charge is 2.18. The minimum atomic E-state index is -0.470. The van der Waals surface area contributed by atoms with Crippen molar-refractivity contribution in [2.75, 3.05) is 11.1 Å². The zero-order chi connectivity index (χ0) is 16.2. The van der Waals surface area contributed by atoms with Gasteiger partial charge in [-0.1, -0.05) is 6.07 Å². The Bertz CT molecular complexity index is 712. The van der Waals surface area contributed by atoms with Crippen molar-refractivity contribution in [3.8, 4) is 5.75 Å². The van der Waals surface area contributed by atoms with Gasteiger partial charge in [-0.2, -0.15) is 0 Å². The van der Waals surface area contributed by atoms with Gasteiger partial charge in [-0.3, -0.25) is 4.79 Å². The van der Waals surface area contributed by atoms with Crippen LogP contribution in [0.25, 0.3) is 0 Å². The lowest BCUT2D eigenvalue weighted by Gasteiger charge is -2.14. The molecule has 0 bridgehead atoms. The Morgan fingerprint density at radius 2 is 1.96 bits per heavy atom. The quantitative estimate of drug-likeness (QED) is 0.839. The highest BCUT2D eigenvalue weighted by Crippen LogP contribution is 2.27. The molecule has 0 heterocycles. The maximum absolute atomic E-state index is 14.1. The van der Waals surface area contributed by atoms with Gasteiger partial charge in [0.15, 0.2) is 11.6 Å². The number of nitrogen functional groups attached to an aromatic ring is 1. The maximum atomic E-state index is 14.1. The van der Waals surface area contributed by atoms with E-state index in [1.807, 2.05) is 0 Å². The van der Waals surface area contributed by atoms with Crippen LogP contribution in [0.5, 0.6) is 5.75 Å². The van der Waals surface area contributed by atoms with Gasteiger partial charge in [-0.25, -0.2) is 4.39 Å². The average Bonchev–Trinajstić information content (AvgIpc) is 3.03. The number of anilines is 2. The lowest BCUT2D eigenvalue weighted by atomic mass is 10.2. The number of carbonyl (C=O) groups excluding carboxylic acids is 1. The van der Waals surface area contributed by atoms with Crippen molar-refractivity contribution in [2.45, 2.75) is 31.8 Å². The number of carbonyl (C=O) groups is 1. The molecule has 2 aromatic rings. The summed E-state index contributed by atoms with van der Waals surface area (Å²) in [5, 5.41) is 2.66. The summed E-state index contributed by atoms with van der Waals surface area (Å²) in [6, 6.07) is 11.1. The summed E-state index contributed by atoms with van der Waals surface area (Å²) in [6.45, 7) is 0. The van der Waals surface area contributed by atoms with Gasteiger partial charge in [0.2, 0.25) is 0 Å². The molecule has 0 spiro atoms. The summed E-state index contributed by atoms with van der Waals surface area (Å²) < 4.78 is 19.8. The highest BCUT2D eigenvalue weighted by atomic mass is 19.1. The number of benzene rings is 2. The molecule has 0 radical (unpaired) electrons. The van der Waals surface area contributed by atoms with Crippen LogP contribution in [0.1, 0.15) is 36.0 Å². The van der Waals surface area contributed by atoms with Crippen LogP contribution in [0.4, 0.5) is 15.8 Å². The number of ether oxygens (including phenoxy) is 1. The summed E-state index contributed by atoms with van der Waals surface area (Å²) in [4.78, 5) is 12.1. The van der Waals surface area contributed by atoms with Gasteiger partial charge < -0.3 is 15.8 Å². The van der Waals surface area contributed by atoms with Crippen molar-refractivity contribution >= 4 is 17.3 Å². The topological polar surface area (TPSA) is 64.4 Å². The summed E-state index contributed by atoms with van der Waals surface area (Å²) in [5.41, 5.74) is 6.97. The van der Waals surface area contributed by atoms with E-state index in [1.54, 1.807) is 36.4 Å². The molecule has 0 aromatic heterocycles. The Morgan fingerprint density at radius 3 is 2.65 bits per heavy atom. The van der Waals surface area contributed by atoms with E-state index in [9.17, 15) is 9.18 Å². The van der Waals surface area contributed by atoms with Crippen LogP contribution >= 0.6 is 0 Å². The van der Waals surface area contributed by atoms with E-state index in [4.69, 9.17) is 10.5 Å². The lowest BCUT2D eigenvalue weighted by Crippen LogP contribution is -2.14. The molecule has 120 valence electrons. The monoisotopic (exact) mass is 314 g/mol. The fraction of sp³-hybridized carbons (Fsp3) is 0.278. The summed E-state index contributed by atoms with van der Waals surface area (Å²) in [6.07, 6.45) is 4.28. The van der Waals surface area contributed by atoms with Crippen LogP contribution in [0.15, 0.2) is 42.5 Å². The largest absolute Gasteiger partial charge is 0.487 e. The number of nitrogens with two attached hydrogens (primary N) is 1. The molecule has 1 aliphatic carbocycles. The number of hydrogen-bond donors (Lipinski definition) is 2. The standard InChI is InChI=1S/C18H19FN2O2/c19-16-11-14(8-9-17(16)23-15-6-1-2-7-15)21-18(22)12-4-3-5-13(20)10-12/h3-5,8-11,15H,1-2,6-7,20H2,(H,21,22). The van der Waals surface area contributed by atoms with Crippen LogP contribution < -0.4 is 15.8 Å². The van der Waals surface area contributed by atoms with Crippen molar-refractivity contribution < 1.29 is 13.9 Å². The number of hydrogen-bond acceptors (Lipinski definition) is 3. The first-order valence-corrected chi connectivity index (χ1v) is 7.75. The Labute approximate surface area is 134 Å². The Morgan fingerprint density at radius 1 is 1.17 bits per heavy atom. The SMILES string of the molecule is Nc1cccc(C(=O)Nc2ccc(OC3CCCC3)c(F)c2)c1. The van der Waals surface area contributed by atoms with Crippen LogP contribution in [0, 0.1) is 5.82 Å². The Balaban J connectivity index is 1.68. The first-order valence-electron chi connectivity index (χ1n) is 7.75. The number of halogens is 1. The lowest BCUT2D eigenvalue weighted by molar-refractivity contribution is 0.102. The second kappa shape index (κ2) is 6.69. The van der Waals surface area contributed by atoms with Crippen LogP contribution in [-0.4, -0.2) is 12.0 Å². The minimum absolute atomic E-state index is 0.0947. The van der Waals surface area contributed by atoms with E-state index in [1.165, 1.54) is 6.07 Å². The van der Waals surface area contributed by atoms with Crippen molar-refractivity contribution in [2.24, 2.45) is 0 Å².